The first-order valence-corrected chi connectivity index (χ1v) is 9.96. The summed E-state index contributed by atoms with van der Waals surface area (Å²) in [4.78, 5) is 16.2. The zero-order valence-corrected chi connectivity index (χ0v) is 16.3. The molecule has 0 saturated carbocycles. The van der Waals surface area contributed by atoms with E-state index in [-0.39, 0.29) is 10.5 Å². The zero-order valence-electron chi connectivity index (χ0n) is 15.4. The lowest BCUT2D eigenvalue weighted by Gasteiger charge is -2.09. The topological polar surface area (TPSA) is 110 Å². The van der Waals surface area contributed by atoms with Crippen molar-refractivity contribution in [3.05, 3.63) is 84.2 Å². The number of rotatable bonds is 7. The van der Waals surface area contributed by atoms with Crippen LogP contribution >= 0.6 is 0 Å². The van der Waals surface area contributed by atoms with E-state index in [0.717, 1.165) is 0 Å². The van der Waals surface area contributed by atoms with Crippen molar-refractivity contribution in [3.63, 3.8) is 0 Å². The van der Waals surface area contributed by atoms with Crippen LogP contribution in [0.25, 0.3) is 0 Å². The molecule has 1 heterocycles. The fourth-order valence-corrected chi connectivity index (χ4v) is 3.46. The summed E-state index contributed by atoms with van der Waals surface area (Å²) in [6.07, 6.45) is 4.66. The number of nitrogens with zero attached hydrogens (tertiary/aromatic N) is 2. The van der Waals surface area contributed by atoms with Crippen molar-refractivity contribution >= 4 is 27.8 Å². The second kappa shape index (κ2) is 8.98. The lowest BCUT2D eigenvalue weighted by atomic mass is 10.2. The summed E-state index contributed by atoms with van der Waals surface area (Å²) in [7, 11) is -2.35. The molecule has 9 heteroatoms. The van der Waals surface area contributed by atoms with E-state index in [2.05, 4.69) is 20.2 Å². The third-order valence-electron chi connectivity index (χ3n) is 3.81. The summed E-state index contributed by atoms with van der Waals surface area (Å²) in [6.45, 7) is 0. The van der Waals surface area contributed by atoms with Crippen LogP contribution in [0.2, 0.25) is 0 Å². The molecule has 0 aliphatic heterocycles. The minimum Gasteiger partial charge on any atom is -0.497 e. The third kappa shape index (κ3) is 5.39. The fraction of sp³-hybridized carbons (Fsp3) is 0.0500. The Labute approximate surface area is 168 Å². The van der Waals surface area contributed by atoms with Crippen LogP contribution in [-0.4, -0.2) is 32.6 Å². The van der Waals surface area contributed by atoms with Crippen molar-refractivity contribution in [2.75, 3.05) is 11.8 Å². The number of hydrazone groups is 1. The molecule has 0 atom stereocenters. The van der Waals surface area contributed by atoms with Crippen LogP contribution in [0.5, 0.6) is 5.75 Å². The number of benzene rings is 2. The fourth-order valence-electron chi connectivity index (χ4n) is 2.36. The molecule has 1 amide bonds. The summed E-state index contributed by atoms with van der Waals surface area (Å²) in [6, 6.07) is 15.6. The van der Waals surface area contributed by atoms with Crippen molar-refractivity contribution in [1.29, 1.82) is 0 Å². The maximum Gasteiger partial charge on any atom is 0.271 e. The first kappa shape index (κ1) is 20.0. The van der Waals surface area contributed by atoms with Gasteiger partial charge in [-0.1, -0.05) is 12.1 Å². The van der Waals surface area contributed by atoms with E-state index in [1.807, 2.05) is 0 Å². The standard InChI is InChI=1S/C20H18N4O4S/c1-28-18-9-7-17(8-10-18)24-29(26,27)19-6-2-5-16(12-19)20(25)23-22-14-15-4-3-11-21-13-15/h2-14,24H,1H3,(H,23,25). The van der Waals surface area contributed by atoms with Gasteiger partial charge in [-0.25, -0.2) is 13.8 Å². The van der Waals surface area contributed by atoms with Crippen LogP contribution in [-0.2, 0) is 10.0 Å². The minimum atomic E-state index is -3.87. The van der Waals surface area contributed by atoms with Crippen LogP contribution in [0, 0.1) is 0 Å². The number of hydrogen-bond acceptors (Lipinski definition) is 6. The molecule has 2 N–H and O–H groups in total. The van der Waals surface area contributed by atoms with Crippen molar-refractivity contribution < 1.29 is 17.9 Å². The van der Waals surface area contributed by atoms with Gasteiger partial charge < -0.3 is 4.74 Å². The first-order valence-electron chi connectivity index (χ1n) is 8.48. The van der Waals surface area contributed by atoms with Crippen LogP contribution in [0.3, 0.4) is 0 Å². The number of carbonyl (C=O) groups excluding carboxylic acids is 1. The predicted molar refractivity (Wildman–Crippen MR) is 110 cm³/mol. The zero-order chi connectivity index (χ0) is 20.7. The van der Waals surface area contributed by atoms with Crippen LogP contribution in [0.15, 0.2) is 83.1 Å². The van der Waals surface area contributed by atoms with Gasteiger partial charge in [0.2, 0.25) is 0 Å². The molecule has 0 bridgehead atoms. The molecule has 0 fully saturated rings. The van der Waals surface area contributed by atoms with Gasteiger partial charge in [0.1, 0.15) is 5.75 Å². The highest BCUT2D eigenvalue weighted by Gasteiger charge is 2.16. The van der Waals surface area contributed by atoms with Crippen molar-refractivity contribution in [2.24, 2.45) is 5.10 Å². The van der Waals surface area contributed by atoms with Gasteiger partial charge in [-0.15, -0.1) is 0 Å². The van der Waals surface area contributed by atoms with Gasteiger partial charge in [0.25, 0.3) is 15.9 Å². The second-order valence-corrected chi connectivity index (χ2v) is 7.53. The van der Waals surface area contributed by atoms with Gasteiger partial charge in [-0.2, -0.15) is 5.10 Å². The molecule has 29 heavy (non-hydrogen) atoms. The Kier molecular flexibility index (Phi) is 6.20. The highest BCUT2D eigenvalue weighted by atomic mass is 32.2. The van der Waals surface area contributed by atoms with E-state index in [1.54, 1.807) is 48.8 Å². The minimum absolute atomic E-state index is 0.0443. The Hall–Kier alpha value is -3.72. The molecule has 148 valence electrons. The number of pyridine rings is 1. The van der Waals surface area contributed by atoms with E-state index in [4.69, 9.17) is 4.74 Å². The van der Waals surface area contributed by atoms with Crippen molar-refractivity contribution in [3.8, 4) is 5.75 Å². The molecule has 0 radical (unpaired) electrons. The molecule has 0 saturated heterocycles. The largest absolute Gasteiger partial charge is 0.497 e. The Morgan fingerprint density at radius 1 is 1.10 bits per heavy atom. The van der Waals surface area contributed by atoms with Crippen LogP contribution < -0.4 is 14.9 Å². The number of amides is 1. The van der Waals surface area contributed by atoms with Crippen molar-refractivity contribution in [2.45, 2.75) is 4.90 Å². The highest BCUT2D eigenvalue weighted by Crippen LogP contribution is 2.20. The van der Waals surface area contributed by atoms with Gasteiger partial charge in [0.15, 0.2) is 0 Å². The predicted octanol–water partition coefficient (Wildman–Crippen LogP) is 2.65. The van der Waals surface area contributed by atoms with Gasteiger partial charge in [-0.05, 0) is 48.5 Å². The number of nitrogens with one attached hydrogen (secondary N) is 2. The number of methoxy groups -OCH3 is 1. The summed E-state index contributed by atoms with van der Waals surface area (Å²) in [5.74, 6) is 0.0742. The number of sulfonamides is 1. The molecule has 0 spiro atoms. The monoisotopic (exact) mass is 410 g/mol. The molecule has 3 rings (SSSR count). The van der Waals surface area contributed by atoms with E-state index < -0.39 is 15.9 Å². The Morgan fingerprint density at radius 3 is 2.59 bits per heavy atom. The van der Waals surface area contributed by atoms with E-state index in [1.165, 1.54) is 37.6 Å². The Balaban J connectivity index is 1.71. The van der Waals surface area contributed by atoms with Gasteiger partial charge in [-0.3, -0.25) is 14.5 Å². The Bertz CT molecular complexity index is 1110. The highest BCUT2D eigenvalue weighted by molar-refractivity contribution is 7.92. The second-order valence-electron chi connectivity index (χ2n) is 5.85. The smallest absolute Gasteiger partial charge is 0.271 e. The van der Waals surface area contributed by atoms with E-state index >= 15 is 0 Å². The Morgan fingerprint density at radius 2 is 1.90 bits per heavy atom. The average molecular weight is 410 g/mol. The maximum atomic E-state index is 12.6. The van der Waals surface area contributed by atoms with Crippen molar-refractivity contribution in [1.82, 2.24) is 10.4 Å². The van der Waals surface area contributed by atoms with Gasteiger partial charge in [0.05, 0.1) is 18.2 Å². The number of aromatic nitrogens is 1. The molecule has 3 aromatic rings. The van der Waals surface area contributed by atoms with Gasteiger partial charge in [0, 0.05) is 29.2 Å². The molecule has 2 aromatic carbocycles. The maximum absolute atomic E-state index is 12.6. The quantitative estimate of drug-likeness (QED) is 0.460. The summed E-state index contributed by atoms with van der Waals surface area (Å²) >= 11 is 0. The lowest BCUT2D eigenvalue weighted by molar-refractivity contribution is 0.0955. The molecule has 1 aromatic heterocycles. The van der Waals surface area contributed by atoms with Gasteiger partial charge >= 0.3 is 0 Å². The number of anilines is 1. The van der Waals surface area contributed by atoms with Crippen LogP contribution in [0.4, 0.5) is 5.69 Å². The molecule has 0 aliphatic carbocycles. The number of hydrogen-bond donors (Lipinski definition) is 2. The van der Waals surface area contributed by atoms with E-state index in [0.29, 0.717) is 17.0 Å². The van der Waals surface area contributed by atoms with E-state index in [9.17, 15) is 13.2 Å². The average Bonchev–Trinajstić information content (AvgIpc) is 2.75. The molecule has 8 nitrogen and oxygen atoms in total. The molecule has 0 aliphatic rings. The first-order chi connectivity index (χ1) is 14.0. The third-order valence-corrected chi connectivity index (χ3v) is 5.19. The number of carbonyl (C=O) groups is 1. The van der Waals surface area contributed by atoms with Crippen LogP contribution in [0.1, 0.15) is 15.9 Å². The summed E-state index contributed by atoms with van der Waals surface area (Å²) in [5.41, 5.74) is 3.61. The summed E-state index contributed by atoms with van der Waals surface area (Å²) in [5, 5.41) is 3.85. The molecule has 0 unspecified atom stereocenters. The number of ether oxygens (including phenoxy) is 1. The SMILES string of the molecule is COc1ccc(NS(=O)(=O)c2cccc(C(=O)NN=Cc3cccnc3)c2)cc1. The lowest BCUT2D eigenvalue weighted by Crippen LogP contribution is -2.19. The molecular formula is C20H18N4O4S. The molecular weight excluding hydrogens is 392 g/mol. The summed E-state index contributed by atoms with van der Waals surface area (Å²) < 4.78 is 32.8. The normalized spacial score (nSPS) is 11.2.